The summed E-state index contributed by atoms with van der Waals surface area (Å²) in [5.74, 6) is 0.312. The van der Waals surface area contributed by atoms with Crippen molar-refractivity contribution in [2.24, 2.45) is 11.7 Å². The van der Waals surface area contributed by atoms with E-state index in [-0.39, 0.29) is 24.5 Å². The molecule has 0 aliphatic carbocycles. The van der Waals surface area contributed by atoms with E-state index in [4.69, 9.17) is 10.8 Å². The molecule has 3 N–H and O–H groups in total. The van der Waals surface area contributed by atoms with Crippen LogP contribution in [0.2, 0.25) is 0 Å². The summed E-state index contributed by atoms with van der Waals surface area (Å²) in [4.78, 5) is 13.6. The van der Waals surface area contributed by atoms with Gasteiger partial charge in [-0.05, 0) is 12.8 Å². The number of nitrogens with two attached hydrogens (primary N) is 1. The molecule has 0 aromatic heterocycles. The highest BCUT2D eigenvalue weighted by molar-refractivity contribution is 5.81. The number of aliphatic hydroxyl groups is 1. The van der Waals surface area contributed by atoms with Crippen LogP contribution in [0, 0.1) is 5.92 Å². The predicted molar refractivity (Wildman–Crippen MR) is 59.3 cm³/mol. The Morgan fingerprint density at radius 3 is 2.93 bits per heavy atom. The molecule has 1 saturated heterocycles. The van der Waals surface area contributed by atoms with E-state index in [9.17, 15) is 4.79 Å². The monoisotopic (exact) mass is 214 g/mol. The fraction of sp³-hybridized carbons (Fsp3) is 0.909. The molecule has 1 fully saturated rings. The van der Waals surface area contributed by atoms with Gasteiger partial charge < -0.3 is 15.7 Å². The predicted octanol–water partition coefficient (Wildman–Crippen LogP) is 0.345. The Bertz CT molecular complexity index is 209. The third kappa shape index (κ3) is 3.47. The first-order chi connectivity index (χ1) is 7.19. The van der Waals surface area contributed by atoms with Gasteiger partial charge in [0, 0.05) is 25.6 Å². The molecular weight excluding hydrogens is 192 g/mol. The minimum atomic E-state index is -0.345. The maximum absolute atomic E-state index is 11.8. The summed E-state index contributed by atoms with van der Waals surface area (Å²) >= 11 is 0. The van der Waals surface area contributed by atoms with Gasteiger partial charge in [0.05, 0.1) is 6.04 Å². The van der Waals surface area contributed by atoms with Crippen molar-refractivity contribution < 1.29 is 9.90 Å². The maximum atomic E-state index is 11.8. The number of carbonyl (C=O) groups excluding carboxylic acids is 1. The number of aliphatic hydroxyl groups excluding tert-OH is 1. The molecule has 15 heavy (non-hydrogen) atoms. The third-order valence-electron chi connectivity index (χ3n) is 3.04. The fourth-order valence-electron chi connectivity index (χ4n) is 1.96. The second-order valence-corrected chi connectivity index (χ2v) is 4.37. The molecule has 1 aliphatic heterocycles. The lowest BCUT2D eigenvalue weighted by molar-refractivity contribution is -0.131. The Kier molecular flexibility index (Phi) is 5.05. The summed E-state index contributed by atoms with van der Waals surface area (Å²) < 4.78 is 0. The van der Waals surface area contributed by atoms with Gasteiger partial charge >= 0.3 is 0 Å². The molecule has 2 atom stereocenters. The van der Waals surface area contributed by atoms with Crippen LogP contribution in [0.5, 0.6) is 0 Å². The van der Waals surface area contributed by atoms with E-state index in [1.165, 1.54) is 0 Å². The lowest BCUT2D eigenvalue weighted by atomic mass is 10.1. The van der Waals surface area contributed by atoms with Gasteiger partial charge in [0.15, 0.2) is 0 Å². The van der Waals surface area contributed by atoms with Crippen LogP contribution < -0.4 is 5.73 Å². The summed E-state index contributed by atoms with van der Waals surface area (Å²) in [5, 5.41) is 8.98. The van der Waals surface area contributed by atoms with Crippen molar-refractivity contribution in [1.29, 1.82) is 0 Å². The largest absolute Gasteiger partial charge is 0.396 e. The first kappa shape index (κ1) is 12.5. The number of hydrogen-bond acceptors (Lipinski definition) is 3. The van der Waals surface area contributed by atoms with Crippen molar-refractivity contribution in [3.63, 3.8) is 0 Å². The van der Waals surface area contributed by atoms with Crippen LogP contribution >= 0.6 is 0 Å². The zero-order chi connectivity index (χ0) is 11.3. The lowest BCUT2D eigenvalue weighted by Crippen LogP contribution is -2.42. The number of rotatable bonds is 5. The van der Waals surface area contributed by atoms with Crippen LogP contribution in [-0.4, -0.2) is 41.7 Å². The highest BCUT2D eigenvalue weighted by Crippen LogP contribution is 2.16. The molecule has 1 rings (SSSR count). The average molecular weight is 214 g/mol. The normalized spacial score (nSPS) is 23.1. The smallest absolute Gasteiger partial charge is 0.239 e. The number of unbranched alkanes of at least 4 members (excludes halogenated alkanes) is 1. The number of likely N-dealkylation sites (tertiary alicyclic amines) is 1. The van der Waals surface area contributed by atoms with E-state index in [2.05, 4.69) is 6.92 Å². The Hall–Kier alpha value is -0.610. The van der Waals surface area contributed by atoms with Crippen LogP contribution in [0.15, 0.2) is 0 Å². The molecule has 1 unspecified atom stereocenters. The zero-order valence-corrected chi connectivity index (χ0v) is 9.48. The number of nitrogens with zero attached hydrogens (tertiary/aromatic N) is 1. The van der Waals surface area contributed by atoms with Crippen LogP contribution in [-0.2, 0) is 4.79 Å². The van der Waals surface area contributed by atoms with E-state index in [0.717, 1.165) is 32.2 Å². The number of hydrogen-bond donors (Lipinski definition) is 2. The summed E-state index contributed by atoms with van der Waals surface area (Å²) in [6.07, 6.45) is 3.75. The van der Waals surface area contributed by atoms with Crippen molar-refractivity contribution in [3.05, 3.63) is 0 Å². The Labute approximate surface area is 91.4 Å². The molecule has 88 valence electrons. The maximum Gasteiger partial charge on any atom is 0.239 e. The van der Waals surface area contributed by atoms with Crippen LogP contribution in [0.1, 0.15) is 32.6 Å². The Balaban J connectivity index is 2.33. The average Bonchev–Trinajstić information content (AvgIpc) is 2.73. The van der Waals surface area contributed by atoms with Gasteiger partial charge in [0.1, 0.15) is 0 Å². The van der Waals surface area contributed by atoms with Crippen molar-refractivity contribution >= 4 is 5.91 Å². The summed E-state index contributed by atoms with van der Waals surface area (Å²) in [6.45, 7) is 3.70. The molecule has 4 heteroatoms. The van der Waals surface area contributed by atoms with Crippen LogP contribution in [0.25, 0.3) is 0 Å². The minimum absolute atomic E-state index is 0.0550. The Morgan fingerprint density at radius 1 is 1.67 bits per heavy atom. The number of carbonyl (C=O) groups is 1. The quantitative estimate of drug-likeness (QED) is 0.693. The van der Waals surface area contributed by atoms with Crippen molar-refractivity contribution in [2.45, 2.75) is 38.6 Å². The summed E-state index contributed by atoms with van der Waals surface area (Å²) in [7, 11) is 0. The van der Waals surface area contributed by atoms with E-state index in [1.807, 2.05) is 0 Å². The van der Waals surface area contributed by atoms with Gasteiger partial charge in [-0.2, -0.15) is 0 Å². The standard InChI is InChI=1S/C11H22N2O2/c1-2-3-4-10(12)11(15)13-6-5-9(7-13)8-14/h9-10,14H,2-8,12H2,1H3/t9?,10-/m0/s1. The van der Waals surface area contributed by atoms with Gasteiger partial charge in [0.25, 0.3) is 0 Å². The molecule has 1 aliphatic rings. The molecule has 0 bridgehead atoms. The highest BCUT2D eigenvalue weighted by atomic mass is 16.3. The second-order valence-electron chi connectivity index (χ2n) is 4.37. The SMILES string of the molecule is CCCC[C@H](N)C(=O)N1CCC(CO)C1. The zero-order valence-electron chi connectivity index (χ0n) is 9.48. The Morgan fingerprint density at radius 2 is 2.40 bits per heavy atom. The van der Waals surface area contributed by atoms with Crippen molar-refractivity contribution in [3.8, 4) is 0 Å². The minimum Gasteiger partial charge on any atom is -0.396 e. The summed E-state index contributed by atoms with van der Waals surface area (Å²) in [5.41, 5.74) is 5.82. The molecule has 0 aromatic rings. The first-order valence-electron chi connectivity index (χ1n) is 5.84. The molecule has 1 heterocycles. The van der Waals surface area contributed by atoms with Crippen LogP contribution in [0.4, 0.5) is 0 Å². The molecule has 0 aromatic carbocycles. The van der Waals surface area contributed by atoms with Gasteiger partial charge in [-0.1, -0.05) is 19.8 Å². The fourth-order valence-corrected chi connectivity index (χ4v) is 1.96. The first-order valence-corrected chi connectivity index (χ1v) is 5.84. The topological polar surface area (TPSA) is 66.6 Å². The summed E-state index contributed by atoms with van der Waals surface area (Å²) in [6, 6.07) is -0.345. The van der Waals surface area contributed by atoms with Crippen molar-refractivity contribution in [1.82, 2.24) is 4.90 Å². The van der Waals surface area contributed by atoms with E-state index < -0.39 is 0 Å². The molecule has 0 spiro atoms. The molecular formula is C11H22N2O2. The molecule has 4 nitrogen and oxygen atoms in total. The van der Waals surface area contributed by atoms with Gasteiger partial charge in [-0.25, -0.2) is 0 Å². The van der Waals surface area contributed by atoms with E-state index in [1.54, 1.807) is 4.90 Å². The third-order valence-corrected chi connectivity index (χ3v) is 3.04. The van der Waals surface area contributed by atoms with E-state index >= 15 is 0 Å². The van der Waals surface area contributed by atoms with E-state index in [0.29, 0.717) is 6.54 Å². The molecule has 0 saturated carbocycles. The highest BCUT2D eigenvalue weighted by Gasteiger charge is 2.28. The second kappa shape index (κ2) is 6.08. The molecule has 1 amide bonds. The van der Waals surface area contributed by atoms with Crippen LogP contribution in [0.3, 0.4) is 0 Å². The lowest BCUT2D eigenvalue weighted by Gasteiger charge is -2.20. The molecule has 0 radical (unpaired) electrons. The van der Waals surface area contributed by atoms with Gasteiger partial charge in [-0.15, -0.1) is 0 Å². The van der Waals surface area contributed by atoms with Gasteiger partial charge in [-0.3, -0.25) is 4.79 Å². The number of amides is 1. The van der Waals surface area contributed by atoms with Gasteiger partial charge in [0.2, 0.25) is 5.91 Å². The van der Waals surface area contributed by atoms with Crippen molar-refractivity contribution in [2.75, 3.05) is 19.7 Å².